The molecule has 1 aliphatic rings. The molecule has 1 fully saturated rings. The van der Waals surface area contributed by atoms with E-state index in [4.69, 9.17) is 4.98 Å². The molecule has 0 aliphatic carbocycles. The number of rotatable bonds is 6. The second-order valence-electron chi connectivity index (χ2n) is 11.1. The number of hydrogen-bond acceptors (Lipinski definition) is 4. The molecule has 0 bridgehead atoms. The van der Waals surface area contributed by atoms with Crippen molar-refractivity contribution < 1.29 is 0 Å². The van der Waals surface area contributed by atoms with Crippen LogP contribution in [0.5, 0.6) is 0 Å². The van der Waals surface area contributed by atoms with E-state index < -0.39 is 0 Å². The van der Waals surface area contributed by atoms with Crippen LogP contribution in [0.3, 0.4) is 0 Å². The van der Waals surface area contributed by atoms with E-state index in [1.807, 2.05) is 12.4 Å². The number of benzene rings is 2. The molecule has 5 rings (SSSR count). The van der Waals surface area contributed by atoms with Gasteiger partial charge in [0.15, 0.2) is 0 Å². The predicted molar refractivity (Wildman–Crippen MR) is 187 cm³/mol. The van der Waals surface area contributed by atoms with Gasteiger partial charge in [0.1, 0.15) is 0 Å². The normalized spacial score (nSPS) is 13.3. The maximum absolute atomic E-state index is 4.80. The van der Waals surface area contributed by atoms with Gasteiger partial charge in [-0.1, -0.05) is 6.07 Å². The second kappa shape index (κ2) is 16.6. The molecule has 4 aromatic rings. The van der Waals surface area contributed by atoms with Crippen LogP contribution in [-0.4, -0.2) is 45.9 Å². The highest BCUT2D eigenvalue weighted by Gasteiger charge is 2.19. The summed E-state index contributed by atoms with van der Waals surface area (Å²) in [5.74, 6) is 0. The molecule has 1 aliphatic heterocycles. The zero-order valence-electron chi connectivity index (χ0n) is 25.4. The first-order valence-electron chi connectivity index (χ1n) is 13.8. The Morgan fingerprint density at radius 3 is 1.62 bits per heavy atom. The van der Waals surface area contributed by atoms with Crippen molar-refractivity contribution in [3.63, 3.8) is 0 Å². The fourth-order valence-electron chi connectivity index (χ4n) is 5.52. The summed E-state index contributed by atoms with van der Waals surface area (Å²) in [5.41, 5.74) is 15.3. The Balaban J connectivity index is 0.00000220. The lowest BCUT2D eigenvalue weighted by Crippen LogP contribution is -2.45. The highest BCUT2D eigenvalue weighted by atomic mass is 35.5. The summed E-state index contributed by atoms with van der Waals surface area (Å²) < 4.78 is 0. The summed E-state index contributed by atoms with van der Waals surface area (Å²) in [5, 5.41) is 0. The number of aryl methyl sites for hydroxylation is 4. The van der Waals surface area contributed by atoms with E-state index in [-0.39, 0.29) is 49.6 Å². The lowest BCUT2D eigenvalue weighted by Gasteiger charge is -2.35. The lowest BCUT2D eigenvalue weighted by molar-refractivity contribution is 0.122. The number of pyridine rings is 2. The minimum absolute atomic E-state index is 0. The first-order valence-corrected chi connectivity index (χ1v) is 13.8. The molecule has 2 aromatic carbocycles. The van der Waals surface area contributed by atoms with Gasteiger partial charge in [0.25, 0.3) is 0 Å². The van der Waals surface area contributed by atoms with Gasteiger partial charge in [-0.2, -0.15) is 0 Å². The molecule has 0 atom stereocenters. The van der Waals surface area contributed by atoms with Gasteiger partial charge in [0, 0.05) is 62.8 Å². The quantitative estimate of drug-likeness (QED) is 0.209. The van der Waals surface area contributed by atoms with Gasteiger partial charge in [-0.25, -0.2) is 0 Å². The van der Waals surface area contributed by atoms with Crippen LogP contribution < -0.4 is 0 Å². The first kappa shape index (κ1) is 37.8. The van der Waals surface area contributed by atoms with Gasteiger partial charge < -0.3 is 0 Å². The summed E-state index contributed by atoms with van der Waals surface area (Å²) in [7, 11) is 0. The molecule has 0 N–H and O–H groups in total. The molecule has 2 aromatic heterocycles. The second-order valence-corrected chi connectivity index (χ2v) is 11.1. The van der Waals surface area contributed by atoms with Crippen LogP contribution in [0.1, 0.15) is 44.5 Å². The van der Waals surface area contributed by atoms with E-state index >= 15 is 0 Å². The van der Waals surface area contributed by atoms with E-state index in [1.165, 1.54) is 55.6 Å². The predicted octanol–water partition coefficient (Wildman–Crippen LogP) is 8.67. The molecule has 0 amide bonds. The number of halogens is 4. The monoisotopic (exact) mass is 648 g/mol. The van der Waals surface area contributed by atoms with Crippen LogP contribution in [-0.2, 0) is 13.1 Å². The van der Waals surface area contributed by atoms with Gasteiger partial charge in [0.2, 0.25) is 0 Å². The van der Waals surface area contributed by atoms with E-state index in [0.717, 1.165) is 50.7 Å². The molecule has 8 heteroatoms. The Kier molecular flexibility index (Phi) is 15.0. The molecule has 3 heterocycles. The third-order valence-electron chi connectivity index (χ3n) is 8.40. The minimum atomic E-state index is 0. The van der Waals surface area contributed by atoms with Crippen LogP contribution in [0, 0.1) is 41.5 Å². The smallest absolute Gasteiger partial charge is 0.0747 e. The fraction of sp³-hybridized carbons (Fsp3) is 0.353. The van der Waals surface area contributed by atoms with Crippen molar-refractivity contribution in [1.82, 2.24) is 19.8 Å². The molecule has 228 valence electrons. The standard InChI is InChI=1S/C34H40N4.4ClH/c1-23-16-31(17-24(2)27(23)5)33-20-29(9-11-35-33)21-37-12-14-38(15-13-37)22-30-8-7-10-36-34(30)32-18-25(3)28(6)26(4)19-32;;;;/h7-11,16-20H,12-15,21-22H2,1-6H3;4*1H. The summed E-state index contributed by atoms with van der Waals surface area (Å²) in [4.78, 5) is 14.6. The van der Waals surface area contributed by atoms with Gasteiger partial charge in [0.05, 0.1) is 11.4 Å². The van der Waals surface area contributed by atoms with Gasteiger partial charge in [-0.3, -0.25) is 19.8 Å². The molecule has 0 radical (unpaired) electrons. The van der Waals surface area contributed by atoms with E-state index in [1.54, 1.807) is 0 Å². The average Bonchev–Trinajstić information content (AvgIpc) is 2.91. The number of piperazine rings is 1. The summed E-state index contributed by atoms with van der Waals surface area (Å²) >= 11 is 0. The van der Waals surface area contributed by atoms with Crippen molar-refractivity contribution in [3.8, 4) is 22.5 Å². The maximum atomic E-state index is 4.80. The maximum Gasteiger partial charge on any atom is 0.0747 e. The Morgan fingerprint density at radius 1 is 0.571 bits per heavy atom. The summed E-state index contributed by atoms with van der Waals surface area (Å²) in [6.45, 7) is 19.3. The third kappa shape index (κ3) is 8.69. The molecule has 0 spiro atoms. The van der Waals surface area contributed by atoms with E-state index in [0.29, 0.717) is 0 Å². The molecular formula is C34H44Cl4N4. The average molecular weight is 651 g/mol. The molecule has 4 nitrogen and oxygen atoms in total. The van der Waals surface area contributed by atoms with Crippen molar-refractivity contribution in [1.29, 1.82) is 0 Å². The van der Waals surface area contributed by atoms with Crippen molar-refractivity contribution >= 4 is 49.6 Å². The Bertz CT molecular complexity index is 1420. The minimum Gasteiger partial charge on any atom is -0.297 e. The molecule has 0 saturated carbocycles. The summed E-state index contributed by atoms with van der Waals surface area (Å²) in [6, 6.07) is 17.8. The van der Waals surface area contributed by atoms with Gasteiger partial charge in [-0.15, -0.1) is 49.6 Å². The SMILES string of the molecule is Cc1cc(-c2cc(CN3CCN(Cc4cccnc4-c4cc(C)c(C)c(C)c4)CC3)ccn2)cc(C)c1C.Cl.Cl.Cl.Cl. The van der Waals surface area contributed by atoms with Crippen LogP contribution >= 0.6 is 49.6 Å². The Labute approximate surface area is 277 Å². The van der Waals surface area contributed by atoms with Crippen LogP contribution in [0.2, 0.25) is 0 Å². The Morgan fingerprint density at radius 2 is 1.07 bits per heavy atom. The third-order valence-corrected chi connectivity index (χ3v) is 8.40. The molecular weight excluding hydrogens is 606 g/mol. The fourth-order valence-corrected chi connectivity index (χ4v) is 5.52. The number of nitrogens with zero attached hydrogens (tertiary/aromatic N) is 4. The number of aromatic nitrogens is 2. The van der Waals surface area contributed by atoms with Crippen molar-refractivity contribution in [2.75, 3.05) is 26.2 Å². The number of hydrogen-bond donors (Lipinski definition) is 0. The highest BCUT2D eigenvalue weighted by molar-refractivity contribution is 5.86. The highest BCUT2D eigenvalue weighted by Crippen LogP contribution is 2.28. The topological polar surface area (TPSA) is 32.3 Å². The van der Waals surface area contributed by atoms with Gasteiger partial charge >= 0.3 is 0 Å². The zero-order valence-corrected chi connectivity index (χ0v) is 28.7. The zero-order chi connectivity index (χ0) is 26.8. The molecule has 0 unspecified atom stereocenters. The summed E-state index contributed by atoms with van der Waals surface area (Å²) in [6.07, 6.45) is 3.88. The van der Waals surface area contributed by atoms with E-state index in [2.05, 4.69) is 105 Å². The van der Waals surface area contributed by atoms with Crippen LogP contribution in [0.25, 0.3) is 22.5 Å². The lowest BCUT2D eigenvalue weighted by atomic mass is 9.96. The van der Waals surface area contributed by atoms with Crippen molar-refractivity contribution in [2.24, 2.45) is 0 Å². The van der Waals surface area contributed by atoms with Crippen LogP contribution in [0.15, 0.2) is 60.9 Å². The first-order chi connectivity index (χ1) is 18.3. The molecule has 42 heavy (non-hydrogen) atoms. The largest absolute Gasteiger partial charge is 0.297 e. The van der Waals surface area contributed by atoms with E-state index in [9.17, 15) is 0 Å². The van der Waals surface area contributed by atoms with Crippen molar-refractivity contribution in [3.05, 3.63) is 105 Å². The Hall–Kier alpha value is -2.18. The van der Waals surface area contributed by atoms with Crippen LogP contribution in [0.4, 0.5) is 0 Å². The van der Waals surface area contributed by atoms with Gasteiger partial charge in [-0.05, 0) is 129 Å². The molecule has 1 saturated heterocycles. The van der Waals surface area contributed by atoms with Crippen molar-refractivity contribution in [2.45, 2.75) is 54.6 Å².